The SMILES string of the molecule is Cn1cc(-n2ccc(=O)c(Cc3cccc(NC(=O)OCCn4ccnc4)c3)n2)cn1. The van der Waals surface area contributed by atoms with Gasteiger partial charge in [0.05, 0.1) is 25.3 Å². The Balaban J connectivity index is 1.40. The molecule has 1 amide bonds. The van der Waals surface area contributed by atoms with Crippen LogP contribution in [0.25, 0.3) is 5.69 Å². The summed E-state index contributed by atoms with van der Waals surface area (Å²) >= 11 is 0. The van der Waals surface area contributed by atoms with Crippen LogP contribution < -0.4 is 10.7 Å². The van der Waals surface area contributed by atoms with Crippen LogP contribution in [0.2, 0.25) is 0 Å². The topological polar surface area (TPSA) is 109 Å². The number of nitrogens with zero attached hydrogens (tertiary/aromatic N) is 6. The normalized spacial score (nSPS) is 10.7. The summed E-state index contributed by atoms with van der Waals surface area (Å²) in [5.41, 5.74) is 2.42. The first-order chi connectivity index (χ1) is 15.1. The third kappa shape index (κ3) is 5.24. The summed E-state index contributed by atoms with van der Waals surface area (Å²) in [4.78, 5) is 28.3. The van der Waals surface area contributed by atoms with Crippen molar-refractivity contribution < 1.29 is 9.53 Å². The van der Waals surface area contributed by atoms with E-state index >= 15 is 0 Å². The van der Waals surface area contributed by atoms with Crippen LogP contribution in [0.5, 0.6) is 0 Å². The van der Waals surface area contributed by atoms with Crippen molar-refractivity contribution in [3.63, 3.8) is 0 Å². The zero-order chi connectivity index (χ0) is 21.6. The Hall–Kier alpha value is -4.21. The number of ether oxygens (including phenoxy) is 1. The minimum atomic E-state index is -0.547. The van der Waals surface area contributed by atoms with Gasteiger partial charge in [-0.3, -0.25) is 14.8 Å². The van der Waals surface area contributed by atoms with Gasteiger partial charge in [0.1, 0.15) is 18.0 Å². The van der Waals surface area contributed by atoms with Crippen molar-refractivity contribution >= 4 is 11.8 Å². The molecule has 3 aromatic heterocycles. The Kier molecular flexibility index (Phi) is 5.88. The largest absolute Gasteiger partial charge is 0.447 e. The van der Waals surface area contributed by atoms with Crippen LogP contribution in [0.3, 0.4) is 0 Å². The van der Waals surface area contributed by atoms with Crippen LogP contribution in [0.1, 0.15) is 11.3 Å². The second-order valence-electron chi connectivity index (χ2n) is 6.88. The van der Waals surface area contributed by atoms with E-state index in [0.29, 0.717) is 24.3 Å². The molecule has 3 heterocycles. The van der Waals surface area contributed by atoms with Gasteiger partial charge < -0.3 is 9.30 Å². The lowest BCUT2D eigenvalue weighted by molar-refractivity contribution is 0.157. The lowest BCUT2D eigenvalue weighted by Crippen LogP contribution is -2.17. The number of benzene rings is 1. The minimum Gasteiger partial charge on any atom is -0.447 e. The van der Waals surface area contributed by atoms with Crippen LogP contribution in [0.15, 0.2) is 72.4 Å². The molecule has 4 aromatic rings. The molecular formula is C21H21N7O3. The van der Waals surface area contributed by atoms with Gasteiger partial charge in [0.15, 0.2) is 0 Å². The van der Waals surface area contributed by atoms with Gasteiger partial charge in [0.25, 0.3) is 0 Å². The second kappa shape index (κ2) is 9.08. The van der Waals surface area contributed by atoms with Crippen LogP contribution in [-0.2, 0) is 24.8 Å². The predicted molar refractivity (Wildman–Crippen MR) is 113 cm³/mol. The van der Waals surface area contributed by atoms with Crippen molar-refractivity contribution in [3.8, 4) is 5.69 Å². The number of aryl methyl sites for hydroxylation is 1. The second-order valence-corrected chi connectivity index (χ2v) is 6.88. The first-order valence-corrected chi connectivity index (χ1v) is 9.63. The minimum absolute atomic E-state index is 0.155. The van der Waals surface area contributed by atoms with Crippen LogP contribution in [0, 0.1) is 0 Å². The van der Waals surface area contributed by atoms with E-state index in [1.54, 1.807) is 58.7 Å². The zero-order valence-electron chi connectivity index (χ0n) is 16.9. The molecule has 1 aromatic carbocycles. The smallest absolute Gasteiger partial charge is 0.411 e. The molecule has 0 aliphatic heterocycles. The molecule has 0 radical (unpaired) electrons. The van der Waals surface area contributed by atoms with E-state index in [0.717, 1.165) is 11.3 Å². The van der Waals surface area contributed by atoms with Crippen LogP contribution in [0.4, 0.5) is 10.5 Å². The van der Waals surface area contributed by atoms with E-state index in [1.807, 2.05) is 23.9 Å². The van der Waals surface area contributed by atoms with Crippen LogP contribution >= 0.6 is 0 Å². The molecular weight excluding hydrogens is 398 g/mol. The molecule has 0 saturated carbocycles. The van der Waals surface area contributed by atoms with Gasteiger partial charge in [-0.05, 0) is 17.7 Å². The number of anilines is 1. The molecule has 0 fully saturated rings. The quantitative estimate of drug-likeness (QED) is 0.491. The van der Waals surface area contributed by atoms with E-state index in [-0.39, 0.29) is 12.0 Å². The highest BCUT2D eigenvalue weighted by Crippen LogP contribution is 2.13. The molecule has 0 saturated heterocycles. The molecule has 10 nitrogen and oxygen atoms in total. The molecule has 0 spiro atoms. The van der Waals surface area contributed by atoms with E-state index < -0.39 is 6.09 Å². The van der Waals surface area contributed by atoms with Crippen molar-refractivity contribution in [2.75, 3.05) is 11.9 Å². The highest BCUT2D eigenvalue weighted by molar-refractivity contribution is 5.84. The van der Waals surface area contributed by atoms with Crippen molar-refractivity contribution in [1.82, 2.24) is 29.1 Å². The summed E-state index contributed by atoms with van der Waals surface area (Å²) < 4.78 is 10.3. The van der Waals surface area contributed by atoms with Crippen LogP contribution in [-0.4, -0.2) is 41.8 Å². The zero-order valence-corrected chi connectivity index (χ0v) is 16.9. The average molecular weight is 419 g/mol. The summed E-state index contributed by atoms with van der Waals surface area (Å²) in [6.07, 6.45) is 9.99. The summed E-state index contributed by atoms with van der Waals surface area (Å²) in [5, 5.41) is 11.3. The van der Waals surface area contributed by atoms with Gasteiger partial charge in [-0.15, -0.1) is 0 Å². The van der Waals surface area contributed by atoms with Gasteiger partial charge in [0, 0.05) is 43.8 Å². The fraction of sp³-hybridized carbons (Fsp3) is 0.190. The Morgan fingerprint density at radius 2 is 2.13 bits per heavy atom. The molecule has 158 valence electrons. The maximum absolute atomic E-state index is 12.3. The molecule has 0 unspecified atom stereocenters. The molecule has 0 atom stereocenters. The number of imidazole rings is 1. The van der Waals surface area contributed by atoms with Gasteiger partial charge in [-0.25, -0.2) is 14.5 Å². The van der Waals surface area contributed by atoms with Gasteiger partial charge >= 0.3 is 6.09 Å². The van der Waals surface area contributed by atoms with E-state index in [2.05, 4.69) is 20.5 Å². The van der Waals surface area contributed by atoms with Crippen molar-refractivity contribution in [2.45, 2.75) is 13.0 Å². The van der Waals surface area contributed by atoms with Gasteiger partial charge in [-0.1, -0.05) is 12.1 Å². The maximum atomic E-state index is 12.3. The Labute approximate surface area is 177 Å². The summed E-state index contributed by atoms with van der Waals surface area (Å²) in [5.74, 6) is 0. The summed E-state index contributed by atoms with van der Waals surface area (Å²) in [7, 11) is 1.81. The number of amides is 1. The fourth-order valence-corrected chi connectivity index (χ4v) is 3.01. The number of rotatable bonds is 7. The predicted octanol–water partition coefficient (Wildman–Crippen LogP) is 2.00. The number of aromatic nitrogens is 6. The van der Waals surface area contributed by atoms with Crippen molar-refractivity contribution in [2.24, 2.45) is 7.05 Å². The maximum Gasteiger partial charge on any atom is 0.411 e. The highest BCUT2D eigenvalue weighted by atomic mass is 16.5. The molecule has 0 aliphatic carbocycles. The fourth-order valence-electron chi connectivity index (χ4n) is 3.01. The lowest BCUT2D eigenvalue weighted by atomic mass is 10.1. The molecule has 0 aliphatic rings. The van der Waals surface area contributed by atoms with Gasteiger partial charge in [0.2, 0.25) is 5.43 Å². The standard InChI is InChI=1S/C21H21N7O3/c1-26-14-18(13-23-26)28-7-5-20(29)19(25-28)12-16-3-2-4-17(11-16)24-21(30)31-10-9-27-8-6-22-15-27/h2-8,11,13-15H,9-10,12H2,1H3,(H,24,30). The van der Waals surface area contributed by atoms with E-state index in [4.69, 9.17) is 4.74 Å². The van der Waals surface area contributed by atoms with Crippen molar-refractivity contribution in [3.05, 3.63) is 89.1 Å². The molecule has 31 heavy (non-hydrogen) atoms. The van der Waals surface area contributed by atoms with Crippen molar-refractivity contribution in [1.29, 1.82) is 0 Å². The van der Waals surface area contributed by atoms with E-state index in [1.165, 1.54) is 6.07 Å². The number of hydrogen-bond donors (Lipinski definition) is 1. The Morgan fingerprint density at radius 3 is 2.90 bits per heavy atom. The number of nitrogens with one attached hydrogen (secondary N) is 1. The first kappa shape index (κ1) is 20.1. The Morgan fingerprint density at radius 1 is 1.23 bits per heavy atom. The number of hydrogen-bond acceptors (Lipinski definition) is 6. The first-order valence-electron chi connectivity index (χ1n) is 9.63. The molecule has 4 rings (SSSR count). The third-order valence-corrected chi connectivity index (χ3v) is 4.52. The van der Waals surface area contributed by atoms with Gasteiger partial charge in [-0.2, -0.15) is 10.2 Å². The molecule has 0 bridgehead atoms. The molecule has 10 heteroatoms. The average Bonchev–Trinajstić information content (AvgIpc) is 3.42. The number of carbonyl (C=O) groups is 1. The summed E-state index contributed by atoms with van der Waals surface area (Å²) in [6, 6.07) is 8.71. The lowest BCUT2D eigenvalue weighted by Gasteiger charge is -2.09. The monoisotopic (exact) mass is 419 g/mol. The summed E-state index contributed by atoms with van der Waals surface area (Å²) in [6.45, 7) is 0.750. The third-order valence-electron chi connectivity index (χ3n) is 4.52. The number of carbonyl (C=O) groups excluding carboxylic acids is 1. The Bertz CT molecular complexity index is 1230. The molecule has 1 N–H and O–H groups in total. The van der Waals surface area contributed by atoms with E-state index in [9.17, 15) is 9.59 Å². The highest BCUT2D eigenvalue weighted by Gasteiger charge is 2.09.